The van der Waals surface area contributed by atoms with Gasteiger partial charge in [-0.2, -0.15) is 5.10 Å². The molecule has 0 unspecified atom stereocenters. The lowest BCUT2D eigenvalue weighted by molar-refractivity contribution is 0.0728. The summed E-state index contributed by atoms with van der Waals surface area (Å²) in [6.07, 6.45) is 1.64. The van der Waals surface area contributed by atoms with Gasteiger partial charge in [0.15, 0.2) is 11.5 Å². The minimum absolute atomic E-state index is 0.210. The molecule has 0 radical (unpaired) electrons. The third-order valence-corrected chi connectivity index (χ3v) is 6.26. The van der Waals surface area contributed by atoms with Crippen LogP contribution in [0.1, 0.15) is 27.7 Å². The number of halogens is 2. The Hall–Kier alpha value is -3.39. The Balaban J connectivity index is 1.47. The van der Waals surface area contributed by atoms with Gasteiger partial charge in [-0.1, -0.05) is 53.5 Å². The van der Waals surface area contributed by atoms with Gasteiger partial charge < -0.3 is 9.47 Å². The first-order valence-corrected chi connectivity index (χ1v) is 12.3. The molecule has 4 aromatic rings. The van der Waals surface area contributed by atoms with E-state index in [1.807, 2.05) is 44.2 Å². The highest BCUT2D eigenvalue weighted by Gasteiger charge is 2.16. The van der Waals surface area contributed by atoms with Crippen LogP contribution in [0.3, 0.4) is 0 Å². The second kappa shape index (κ2) is 11.4. The van der Waals surface area contributed by atoms with Crippen LogP contribution in [0, 0.1) is 6.92 Å². The van der Waals surface area contributed by atoms with Crippen LogP contribution in [-0.4, -0.2) is 23.8 Å². The Kier molecular flexibility index (Phi) is 8.02. The molecule has 0 aliphatic carbocycles. The van der Waals surface area contributed by atoms with Crippen LogP contribution >= 0.6 is 34.5 Å². The van der Waals surface area contributed by atoms with E-state index in [1.165, 1.54) is 23.5 Å². The van der Waals surface area contributed by atoms with E-state index in [4.69, 9.17) is 32.7 Å². The molecule has 1 aromatic heterocycles. The Morgan fingerprint density at radius 1 is 1.09 bits per heavy atom. The number of hydrogen-bond donors (Lipinski definition) is 1. The van der Waals surface area contributed by atoms with E-state index >= 15 is 0 Å². The molecule has 0 amide bonds. The van der Waals surface area contributed by atoms with E-state index in [0.29, 0.717) is 22.5 Å². The number of rotatable bonds is 8. The van der Waals surface area contributed by atoms with Crippen molar-refractivity contribution in [3.05, 3.63) is 92.8 Å². The van der Waals surface area contributed by atoms with Crippen LogP contribution in [0.4, 0.5) is 5.13 Å². The van der Waals surface area contributed by atoms with Crippen molar-refractivity contribution in [2.75, 3.05) is 12.0 Å². The molecule has 178 valence electrons. The molecule has 3 aromatic carbocycles. The Labute approximate surface area is 217 Å². The Morgan fingerprint density at radius 3 is 2.63 bits per heavy atom. The van der Waals surface area contributed by atoms with Crippen LogP contribution in [0.2, 0.25) is 10.0 Å². The van der Waals surface area contributed by atoms with Gasteiger partial charge in [-0.15, -0.1) is 11.3 Å². The predicted molar refractivity (Wildman–Crippen MR) is 143 cm³/mol. The number of thiazole rings is 1. The van der Waals surface area contributed by atoms with Crippen molar-refractivity contribution in [2.45, 2.75) is 13.8 Å². The summed E-state index contributed by atoms with van der Waals surface area (Å²) in [6.45, 7) is 4.27. The maximum atomic E-state index is 12.6. The molecule has 0 aliphatic heterocycles. The zero-order valence-electron chi connectivity index (χ0n) is 18.9. The number of aryl methyl sites for hydroxylation is 1. The summed E-state index contributed by atoms with van der Waals surface area (Å²) in [5, 5.41) is 5.63. The fourth-order valence-corrected chi connectivity index (χ4v) is 4.51. The maximum Gasteiger partial charge on any atom is 0.345 e. The summed E-state index contributed by atoms with van der Waals surface area (Å²) in [7, 11) is 0. The van der Waals surface area contributed by atoms with Gasteiger partial charge in [0, 0.05) is 15.5 Å². The highest BCUT2D eigenvalue weighted by atomic mass is 35.5. The molecular formula is C26H21Cl2N3O3S. The van der Waals surface area contributed by atoms with Crippen molar-refractivity contribution in [1.29, 1.82) is 0 Å². The lowest BCUT2D eigenvalue weighted by Gasteiger charge is -2.12. The molecule has 0 aliphatic rings. The third kappa shape index (κ3) is 6.19. The lowest BCUT2D eigenvalue weighted by Crippen LogP contribution is -2.10. The van der Waals surface area contributed by atoms with Crippen molar-refractivity contribution in [2.24, 2.45) is 5.10 Å². The number of anilines is 1. The van der Waals surface area contributed by atoms with Gasteiger partial charge >= 0.3 is 5.97 Å². The molecule has 35 heavy (non-hydrogen) atoms. The fourth-order valence-electron chi connectivity index (χ4n) is 3.24. The zero-order valence-corrected chi connectivity index (χ0v) is 21.2. The monoisotopic (exact) mass is 525 g/mol. The van der Waals surface area contributed by atoms with Crippen molar-refractivity contribution >= 4 is 51.9 Å². The highest BCUT2D eigenvalue weighted by Crippen LogP contribution is 2.31. The summed E-state index contributed by atoms with van der Waals surface area (Å²) in [5.41, 5.74) is 5.93. The van der Waals surface area contributed by atoms with Gasteiger partial charge in [0.05, 0.1) is 29.1 Å². The molecule has 0 bridgehead atoms. The van der Waals surface area contributed by atoms with Gasteiger partial charge in [-0.3, -0.25) is 5.43 Å². The SMILES string of the molecule is CCOc1cc(/C=N\Nc2nc(-c3ccccc3)c(C)s2)ccc1OC(=O)c1ccc(Cl)cc1Cl. The number of hydrazone groups is 1. The quantitative estimate of drug-likeness (QED) is 0.111. The molecule has 0 spiro atoms. The number of aromatic nitrogens is 1. The van der Waals surface area contributed by atoms with E-state index in [2.05, 4.69) is 15.5 Å². The second-order valence-corrected chi connectivity index (χ2v) is 9.36. The van der Waals surface area contributed by atoms with Crippen molar-refractivity contribution in [1.82, 2.24) is 4.98 Å². The van der Waals surface area contributed by atoms with Crippen LogP contribution in [0.25, 0.3) is 11.3 Å². The van der Waals surface area contributed by atoms with Crippen molar-refractivity contribution < 1.29 is 14.3 Å². The first kappa shape index (κ1) is 24.7. The minimum Gasteiger partial charge on any atom is -0.490 e. The van der Waals surface area contributed by atoms with E-state index in [1.54, 1.807) is 30.5 Å². The van der Waals surface area contributed by atoms with Gasteiger partial charge in [-0.25, -0.2) is 9.78 Å². The topological polar surface area (TPSA) is 72.8 Å². The molecule has 4 rings (SSSR count). The number of nitrogens with zero attached hydrogens (tertiary/aromatic N) is 2. The van der Waals surface area contributed by atoms with Crippen molar-refractivity contribution in [3.8, 4) is 22.8 Å². The number of benzene rings is 3. The molecule has 6 nitrogen and oxygen atoms in total. The summed E-state index contributed by atoms with van der Waals surface area (Å²) < 4.78 is 11.2. The van der Waals surface area contributed by atoms with E-state index in [0.717, 1.165) is 21.7 Å². The van der Waals surface area contributed by atoms with Gasteiger partial charge in [0.25, 0.3) is 0 Å². The predicted octanol–water partition coefficient (Wildman–Crippen LogP) is 7.49. The molecule has 0 atom stereocenters. The standard InChI is InChI=1S/C26H21Cl2N3O3S/c1-3-33-23-13-17(9-12-22(23)34-25(32)20-11-10-19(27)14-21(20)28)15-29-31-26-30-24(16(2)35-26)18-7-5-4-6-8-18/h4-15H,3H2,1-2H3,(H,30,31)/b29-15-. The summed E-state index contributed by atoms with van der Waals surface area (Å²) in [6, 6.07) is 19.7. The van der Waals surface area contributed by atoms with Crippen LogP contribution in [0.15, 0.2) is 71.8 Å². The van der Waals surface area contributed by atoms with E-state index in [9.17, 15) is 4.79 Å². The van der Waals surface area contributed by atoms with E-state index in [-0.39, 0.29) is 16.3 Å². The molecule has 9 heteroatoms. The Bertz CT molecular complexity index is 1370. The number of hydrogen-bond acceptors (Lipinski definition) is 7. The molecule has 0 saturated heterocycles. The molecule has 0 fully saturated rings. The number of nitrogens with one attached hydrogen (secondary N) is 1. The third-order valence-electron chi connectivity index (χ3n) is 4.84. The van der Waals surface area contributed by atoms with E-state index < -0.39 is 5.97 Å². The largest absolute Gasteiger partial charge is 0.490 e. The Morgan fingerprint density at radius 2 is 1.89 bits per heavy atom. The summed E-state index contributed by atoms with van der Waals surface area (Å²) in [5.74, 6) is 0.0754. The van der Waals surface area contributed by atoms with Gasteiger partial charge in [0.2, 0.25) is 5.13 Å². The number of carbonyl (C=O) groups is 1. The van der Waals surface area contributed by atoms with Crippen LogP contribution in [-0.2, 0) is 0 Å². The zero-order chi connectivity index (χ0) is 24.8. The lowest BCUT2D eigenvalue weighted by atomic mass is 10.1. The van der Waals surface area contributed by atoms with Crippen LogP contribution < -0.4 is 14.9 Å². The minimum atomic E-state index is -0.607. The summed E-state index contributed by atoms with van der Waals surface area (Å²) >= 11 is 13.6. The first-order chi connectivity index (χ1) is 16.9. The fraction of sp³-hybridized carbons (Fsp3) is 0.115. The van der Waals surface area contributed by atoms with Gasteiger partial charge in [0.1, 0.15) is 0 Å². The molecular weight excluding hydrogens is 505 g/mol. The number of carbonyl (C=O) groups excluding carboxylic acids is 1. The smallest absolute Gasteiger partial charge is 0.345 e. The molecule has 1 N–H and O–H groups in total. The normalized spacial score (nSPS) is 11.0. The molecule has 1 heterocycles. The van der Waals surface area contributed by atoms with Crippen molar-refractivity contribution in [3.63, 3.8) is 0 Å². The number of esters is 1. The number of ether oxygens (including phenoxy) is 2. The average Bonchev–Trinajstić information content (AvgIpc) is 3.21. The first-order valence-electron chi connectivity index (χ1n) is 10.7. The summed E-state index contributed by atoms with van der Waals surface area (Å²) in [4.78, 5) is 18.3. The highest BCUT2D eigenvalue weighted by molar-refractivity contribution is 7.16. The molecule has 0 saturated carbocycles. The second-order valence-electron chi connectivity index (χ2n) is 7.31. The van der Waals surface area contributed by atoms with Crippen LogP contribution in [0.5, 0.6) is 11.5 Å². The average molecular weight is 526 g/mol. The maximum absolute atomic E-state index is 12.6. The van der Waals surface area contributed by atoms with Gasteiger partial charge in [-0.05, 0) is 55.8 Å².